The smallest absolute Gasteiger partial charge is 0.343 e. The SMILES string of the molecule is COc1cc(/C=C2\SC(=O)N(Cc3ccc(F)cc3)C2=O)ccc1OC(=O)c1ccc(Cl)cc1. The minimum absolute atomic E-state index is 0.0468. The molecule has 3 aromatic rings. The first-order valence-corrected chi connectivity index (χ1v) is 11.2. The Morgan fingerprint density at radius 1 is 1.03 bits per heavy atom. The lowest BCUT2D eigenvalue weighted by atomic mass is 10.1. The molecule has 0 spiro atoms. The van der Waals surface area contributed by atoms with Gasteiger partial charge in [0.15, 0.2) is 11.5 Å². The Balaban J connectivity index is 1.50. The number of hydrogen-bond donors (Lipinski definition) is 0. The molecule has 1 fully saturated rings. The summed E-state index contributed by atoms with van der Waals surface area (Å²) in [7, 11) is 1.43. The fraction of sp³-hybridized carbons (Fsp3) is 0.0800. The van der Waals surface area contributed by atoms with Gasteiger partial charge in [-0.25, -0.2) is 9.18 Å². The van der Waals surface area contributed by atoms with E-state index in [-0.39, 0.29) is 22.9 Å². The predicted octanol–water partition coefficient (Wildman–Crippen LogP) is 5.94. The van der Waals surface area contributed by atoms with Crippen LogP contribution in [0.2, 0.25) is 5.02 Å². The van der Waals surface area contributed by atoms with E-state index >= 15 is 0 Å². The van der Waals surface area contributed by atoms with Gasteiger partial charge in [0, 0.05) is 5.02 Å². The predicted molar refractivity (Wildman–Crippen MR) is 127 cm³/mol. The van der Waals surface area contributed by atoms with Crippen molar-refractivity contribution in [1.29, 1.82) is 0 Å². The van der Waals surface area contributed by atoms with Gasteiger partial charge in [-0.3, -0.25) is 14.5 Å². The van der Waals surface area contributed by atoms with Crippen molar-refractivity contribution in [2.75, 3.05) is 7.11 Å². The Kier molecular flexibility index (Phi) is 7.00. The molecule has 0 saturated carbocycles. The Hall–Kier alpha value is -3.62. The zero-order valence-corrected chi connectivity index (χ0v) is 19.4. The van der Waals surface area contributed by atoms with Gasteiger partial charge in [0.1, 0.15) is 5.82 Å². The summed E-state index contributed by atoms with van der Waals surface area (Å²) in [6, 6.07) is 16.6. The Labute approximate surface area is 203 Å². The standard InChI is InChI=1S/C25H17ClFNO5S/c1-32-21-12-16(4-11-20(21)33-24(30)17-5-7-18(26)8-6-17)13-22-23(29)28(25(31)34-22)14-15-2-9-19(27)10-3-15/h2-13H,14H2,1H3/b22-13-. The van der Waals surface area contributed by atoms with E-state index < -0.39 is 22.9 Å². The first-order chi connectivity index (χ1) is 16.3. The molecule has 34 heavy (non-hydrogen) atoms. The lowest BCUT2D eigenvalue weighted by Gasteiger charge is -2.12. The number of nitrogens with zero attached hydrogens (tertiary/aromatic N) is 1. The molecular weight excluding hydrogens is 481 g/mol. The van der Waals surface area contributed by atoms with Gasteiger partial charge in [0.05, 0.1) is 24.1 Å². The number of benzene rings is 3. The molecule has 9 heteroatoms. The van der Waals surface area contributed by atoms with Crippen LogP contribution in [0.5, 0.6) is 11.5 Å². The Bertz CT molecular complexity index is 1290. The maximum absolute atomic E-state index is 13.1. The summed E-state index contributed by atoms with van der Waals surface area (Å²) in [6.07, 6.45) is 1.56. The van der Waals surface area contributed by atoms with Crippen molar-refractivity contribution in [2.45, 2.75) is 6.54 Å². The van der Waals surface area contributed by atoms with Crippen molar-refractivity contribution in [3.8, 4) is 11.5 Å². The number of carbonyl (C=O) groups excluding carboxylic acids is 3. The van der Waals surface area contributed by atoms with Crippen molar-refractivity contribution >= 4 is 46.6 Å². The summed E-state index contributed by atoms with van der Waals surface area (Å²) in [4.78, 5) is 38.9. The van der Waals surface area contributed by atoms with Crippen LogP contribution < -0.4 is 9.47 Å². The third-order valence-electron chi connectivity index (χ3n) is 4.90. The van der Waals surface area contributed by atoms with Crippen LogP contribution >= 0.6 is 23.4 Å². The highest BCUT2D eigenvalue weighted by molar-refractivity contribution is 8.18. The molecule has 6 nitrogen and oxygen atoms in total. The normalized spacial score (nSPS) is 14.6. The second-order valence-electron chi connectivity index (χ2n) is 7.20. The molecule has 4 rings (SSSR count). The van der Waals surface area contributed by atoms with Crippen molar-refractivity contribution in [3.63, 3.8) is 0 Å². The number of hydrogen-bond acceptors (Lipinski definition) is 6. The van der Waals surface area contributed by atoms with Gasteiger partial charge in [-0.05, 0) is 77.5 Å². The van der Waals surface area contributed by atoms with Crippen molar-refractivity contribution in [1.82, 2.24) is 4.90 Å². The first-order valence-electron chi connectivity index (χ1n) is 9.99. The minimum Gasteiger partial charge on any atom is -0.493 e. The molecular formula is C25H17ClFNO5S. The summed E-state index contributed by atoms with van der Waals surface area (Å²) in [6.45, 7) is 0.0468. The topological polar surface area (TPSA) is 72.9 Å². The van der Waals surface area contributed by atoms with Crippen LogP contribution in [-0.4, -0.2) is 29.1 Å². The van der Waals surface area contributed by atoms with E-state index in [2.05, 4.69) is 0 Å². The molecule has 0 aromatic heterocycles. The van der Waals surface area contributed by atoms with Gasteiger partial charge in [-0.2, -0.15) is 0 Å². The second-order valence-corrected chi connectivity index (χ2v) is 8.63. The Morgan fingerprint density at radius 3 is 2.41 bits per heavy atom. The molecule has 0 radical (unpaired) electrons. The monoisotopic (exact) mass is 497 g/mol. The van der Waals surface area contributed by atoms with E-state index in [9.17, 15) is 18.8 Å². The average molecular weight is 498 g/mol. The van der Waals surface area contributed by atoms with Gasteiger partial charge in [0.25, 0.3) is 11.1 Å². The van der Waals surface area contributed by atoms with Gasteiger partial charge in [-0.15, -0.1) is 0 Å². The molecule has 1 heterocycles. The number of carbonyl (C=O) groups is 3. The van der Waals surface area contributed by atoms with Gasteiger partial charge in [-0.1, -0.05) is 29.8 Å². The molecule has 0 unspecified atom stereocenters. The largest absolute Gasteiger partial charge is 0.493 e. The summed E-state index contributed by atoms with van der Waals surface area (Å²) >= 11 is 6.66. The second kappa shape index (κ2) is 10.1. The summed E-state index contributed by atoms with van der Waals surface area (Å²) < 4.78 is 23.9. The maximum atomic E-state index is 13.1. The Morgan fingerprint density at radius 2 is 1.74 bits per heavy atom. The van der Waals surface area contributed by atoms with E-state index in [1.54, 1.807) is 48.5 Å². The van der Waals surface area contributed by atoms with Gasteiger partial charge < -0.3 is 9.47 Å². The molecule has 0 bridgehead atoms. The van der Waals surface area contributed by atoms with Crippen LogP contribution in [0.15, 0.2) is 71.6 Å². The molecule has 172 valence electrons. The van der Waals surface area contributed by atoms with Crippen molar-refractivity contribution in [2.24, 2.45) is 0 Å². The van der Waals surface area contributed by atoms with Crippen LogP contribution in [0.25, 0.3) is 6.08 Å². The van der Waals surface area contributed by atoms with E-state index in [0.717, 1.165) is 16.7 Å². The number of esters is 1. The van der Waals surface area contributed by atoms with Gasteiger partial charge >= 0.3 is 5.97 Å². The number of amides is 2. The van der Waals surface area contributed by atoms with E-state index in [1.807, 2.05) is 0 Å². The average Bonchev–Trinajstić information content (AvgIpc) is 3.09. The lowest BCUT2D eigenvalue weighted by molar-refractivity contribution is -0.123. The highest BCUT2D eigenvalue weighted by Gasteiger charge is 2.35. The van der Waals surface area contributed by atoms with Crippen LogP contribution in [0.3, 0.4) is 0 Å². The third-order valence-corrected chi connectivity index (χ3v) is 6.05. The zero-order chi connectivity index (χ0) is 24.2. The summed E-state index contributed by atoms with van der Waals surface area (Å²) in [5.74, 6) is -0.944. The zero-order valence-electron chi connectivity index (χ0n) is 17.8. The van der Waals surface area contributed by atoms with Crippen LogP contribution in [-0.2, 0) is 11.3 Å². The molecule has 1 saturated heterocycles. The molecule has 0 aliphatic carbocycles. The number of methoxy groups -OCH3 is 1. The van der Waals surface area contributed by atoms with Crippen LogP contribution in [0.1, 0.15) is 21.5 Å². The van der Waals surface area contributed by atoms with Gasteiger partial charge in [0.2, 0.25) is 0 Å². The third kappa shape index (κ3) is 5.30. The molecule has 1 aliphatic heterocycles. The number of imide groups is 1. The quantitative estimate of drug-likeness (QED) is 0.238. The minimum atomic E-state index is -0.579. The highest BCUT2D eigenvalue weighted by atomic mass is 35.5. The molecule has 2 amide bonds. The maximum Gasteiger partial charge on any atom is 0.343 e. The number of ether oxygens (including phenoxy) is 2. The van der Waals surface area contributed by atoms with Crippen LogP contribution in [0.4, 0.5) is 9.18 Å². The molecule has 0 atom stereocenters. The highest BCUT2D eigenvalue weighted by Crippen LogP contribution is 2.35. The fourth-order valence-corrected chi connectivity index (χ4v) is 4.13. The van der Waals surface area contributed by atoms with Crippen LogP contribution in [0, 0.1) is 5.82 Å². The van der Waals surface area contributed by atoms with Crippen molar-refractivity contribution < 1.29 is 28.2 Å². The summed E-state index contributed by atoms with van der Waals surface area (Å²) in [5, 5.41) is 0.0848. The molecule has 0 N–H and O–H groups in total. The summed E-state index contributed by atoms with van der Waals surface area (Å²) in [5.41, 5.74) is 1.54. The molecule has 3 aromatic carbocycles. The van der Waals surface area contributed by atoms with E-state index in [1.165, 1.54) is 31.4 Å². The van der Waals surface area contributed by atoms with E-state index in [4.69, 9.17) is 21.1 Å². The number of rotatable bonds is 6. The fourth-order valence-electron chi connectivity index (χ4n) is 3.16. The lowest BCUT2D eigenvalue weighted by Crippen LogP contribution is -2.27. The number of thioether (sulfide) groups is 1. The molecule has 1 aliphatic rings. The van der Waals surface area contributed by atoms with Crippen molar-refractivity contribution in [3.05, 3.63) is 99.2 Å². The first kappa shape index (κ1) is 23.5. The number of halogens is 2. The van der Waals surface area contributed by atoms with E-state index in [0.29, 0.717) is 21.7 Å².